The van der Waals surface area contributed by atoms with Crippen LogP contribution in [0.4, 0.5) is 5.69 Å². The highest BCUT2D eigenvalue weighted by Gasteiger charge is 2.37. The molecule has 1 aliphatic heterocycles. The third-order valence-corrected chi connectivity index (χ3v) is 5.07. The van der Waals surface area contributed by atoms with Crippen molar-refractivity contribution in [1.29, 1.82) is 0 Å². The van der Waals surface area contributed by atoms with Gasteiger partial charge in [0.1, 0.15) is 22.2 Å². The SMILES string of the molecule is O=C1C(Cl)=C(Nc2ccc(Oc3ccccc3)cc2)C(=O)N1Cc1ccc(Cl)cc1. The number of nitrogens with one attached hydrogen (secondary N) is 1. The maximum Gasteiger partial charge on any atom is 0.279 e. The molecule has 0 spiro atoms. The summed E-state index contributed by atoms with van der Waals surface area (Å²) < 4.78 is 5.75. The number of hydrogen-bond donors (Lipinski definition) is 1. The van der Waals surface area contributed by atoms with Crippen molar-refractivity contribution in [2.24, 2.45) is 0 Å². The van der Waals surface area contributed by atoms with Gasteiger partial charge in [0.2, 0.25) is 0 Å². The molecule has 30 heavy (non-hydrogen) atoms. The number of nitrogens with zero attached hydrogens (tertiary/aromatic N) is 1. The van der Waals surface area contributed by atoms with E-state index in [4.69, 9.17) is 27.9 Å². The molecule has 1 aliphatic rings. The summed E-state index contributed by atoms with van der Waals surface area (Å²) in [6.45, 7) is 0.111. The molecule has 2 amide bonds. The van der Waals surface area contributed by atoms with E-state index in [1.807, 2.05) is 30.3 Å². The van der Waals surface area contributed by atoms with Crippen LogP contribution in [-0.4, -0.2) is 16.7 Å². The lowest BCUT2D eigenvalue weighted by Crippen LogP contribution is -2.31. The van der Waals surface area contributed by atoms with Gasteiger partial charge in [-0.15, -0.1) is 0 Å². The smallest absolute Gasteiger partial charge is 0.279 e. The van der Waals surface area contributed by atoms with Gasteiger partial charge in [-0.1, -0.05) is 53.5 Å². The van der Waals surface area contributed by atoms with Gasteiger partial charge in [0, 0.05) is 10.7 Å². The largest absolute Gasteiger partial charge is 0.457 e. The van der Waals surface area contributed by atoms with Crippen molar-refractivity contribution in [3.8, 4) is 11.5 Å². The lowest BCUT2D eigenvalue weighted by molar-refractivity contribution is -0.138. The van der Waals surface area contributed by atoms with E-state index >= 15 is 0 Å². The molecule has 0 bridgehead atoms. The Morgan fingerprint density at radius 1 is 0.767 bits per heavy atom. The number of halogens is 2. The number of carbonyl (C=O) groups excluding carboxylic acids is 2. The number of anilines is 1. The third kappa shape index (κ3) is 4.32. The molecule has 0 aromatic heterocycles. The summed E-state index contributed by atoms with van der Waals surface area (Å²) in [6.07, 6.45) is 0. The van der Waals surface area contributed by atoms with E-state index in [0.29, 0.717) is 16.5 Å². The molecule has 1 heterocycles. The van der Waals surface area contributed by atoms with Crippen molar-refractivity contribution >= 4 is 40.7 Å². The standard InChI is InChI=1S/C23H16Cl2N2O3/c24-16-8-6-15(7-9-16)14-27-22(28)20(25)21(23(27)29)26-17-10-12-19(13-11-17)30-18-4-2-1-3-5-18/h1-13,26H,14H2. The topological polar surface area (TPSA) is 58.6 Å². The van der Waals surface area contributed by atoms with Crippen molar-refractivity contribution < 1.29 is 14.3 Å². The number of imide groups is 1. The van der Waals surface area contributed by atoms with E-state index in [1.54, 1.807) is 48.5 Å². The van der Waals surface area contributed by atoms with Crippen LogP contribution in [0.3, 0.4) is 0 Å². The van der Waals surface area contributed by atoms with Crippen LogP contribution in [0.5, 0.6) is 11.5 Å². The Bertz CT molecular complexity index is 1110. The van der Waals surface area contributed by atoms with Crippen molar-refractivity contribution in [1.82, 2.24) is 4.90 Å². The normalized spacial score (nSPS) is 13.7. The fourth-order valence-electron chi connectivity index (χ4n) is 2.95. The van der Waals surface area contributed by atoms with Gasteiger partial charge in [0.25, 0.3) is 11.8 Å². The minimum atomic E-state index is -0.539. The fourth-order valence-corrected chi connectivity index (χ4v) is 3.30. The number of amides is 2. The van der Waals surface area contributed by atoms with Gasteiger partial charge < -0.3 is 10.1 Å². The van der Waals surface area contributed by atoms with Gasteiger partial charge in [-0.05, 0) is 54.1 Å². The monoisotopic (exact) mass is 438 g/mol. The first-order valence-corrected chi connectivity index (χ1v) is 9.87. The van der Waals surface area contributed by atoms with Gasteiger partial charge in [-0.2, -0.15) is 0 Å². The highest BCUT2D eigenvalue weighted by atomic mass is 35.5. The van der Waals surface area contributed by atoms with Crippen molar-refractivity contribution in [2.45, 2.75) is 6.54 Å². The third-order valence-electron chi connectivity index (χ3n) is 4.47. The van der Waals surface area contributed by atoms with E-state index in [1.165, 1.54) is 0 Å². The van der Waals surface area contributed by atoms with Crippen LogP contribution < -0.4 is 10.1 Å². The minimum Gasteiger partial charge on any atom is -0.457 e. The molecule has 3 aromatic carbocycles. The molecule has 7 heteroatoms. The summed E-state index contributed by atoms with van der Waals surface area (Å²) in [6, 6.07) is 23.3. The molecule has 0 saturated heterocycles. The predicted octanol–water partition coefficient (Wildman–Crippen LogP) is 5.56. The van der Waals surface area contributed by atoms with Crippen molar-refractivity contribution in [2.75, 3.05) is 5.32 Å². The average Bonchev–Trinajstić information content (AvgIpc) is 2.95. The predicted molar refractivity (Wildman–Crippen MR) is 116 cm³/mol. The van der Waals surface area contributed by atoms with Crippen molar-refractivity contribution in [3.05, 3.63) is 100 Å². The summed E-state index contributed by atoms with van der Waals surface area (Å²) in [5.41, 5.74) is 1.43. The molecular formula is C23H16Cl2N2O3. The Kier molecular flexibility index (Phi) is 5.74. The highest BCUT2D eigenvalue weighted by molar-refractivity contribution is 6.48. The zero-order chi connectivity index (χ0) is 21.1. The van der Waals surface area contributed by atoms with E-state index in [-0.39, 0.29) is 17.3 Å². The highest BCUT2D eigenvalue weighted by Crippen LogP contribution is 2.29. The number of hydrogen-bond acceptors (Lipinski definition) is 4. The molecular weight excluding hydrogens is 423 g/mol. The van der Waals surface area contributed by atoms with E-state index in [9.17, 15) is 9.59 Å². The van der Waals surface area contributed by atoms with Gasteiger partial charge in [0.05, 0.1) is 6.54 Å². The molecule has 0 radical (unpaired) electrons. The summed E-state index contributed by atoms with van der Waals surface area (Å²) >= 11 is 12.0. The Labute approximate surface area is 183 Å². The second-order valence-electron chi connectivity index (χ2n) is 6.58. The van der Waals surface area contributed by atoms with E-state index in [2.05, 4.69) is 5.32 Å². The molecule has 0 aliphatic carbocycles. The van der Waals surface area contributed by atoms with Crippen LogP contribution in [0.2, 0.25) is 5.02 Å². The maximum absolute atomic E-state index is 12.8. The first kappa shape index (κ1) is 20.0. The summed E-state index contributed by atoms with van der Waals surface area (Å²) in [7, 11) is 0. The number of para-hydroxylation sites is 1. The molecule has 3 aromatic rings. The van der Waals surface area contributed by atoms with Crippen LogP contribution in [0.15, 0.2) is 89.6 Å². The quantitative estimate of drug-likeness (QED) is 0.511. The lowest BCUT2D eigenvalue weighted by atomic mass is 10.2. The van der Waals surface area contributed by atoms with Crippen LogP contribution in [0, 0.1) is 0 Å². The van der Waals surface area contributed by atoms with E-state index in [0.717, 1.165) is 16.2 Å². The fraction of sp³-hybridized carbons (Fsp3) is 0.0435. The zero-order valence-electron chi connectivity index (χ0n) is 15.6. The Hall–Kier alpha value is -3.28. The molecule has 0 fully saturated rings. The molecule has 4 rings (SSSR count). The molecule has 150 valence electrons. The minimum absolute atomic E-state index is 0.0485. The Morgan fingerprint density at radius 3 is 2.07 bits per heavy atom. The molecule has 0 atom stereocenters. The molecule has 5 nitrogen and oxygen atoms in total. The number of benzene rings is 3. The average molecular weight is 439 g/mol. The zero-order valence-corrected chi connectivity index (χ0v) is 17.2. The second-order valence-corrected chi connectivity index (χ2v) is 7.39. The van der Waals surface area contributed by atoms with Gasteiger partial charge in [-0.25, -0.2) is 0 Å². The number of rotatable bonds is 6. The lowest BCUT2D eigenvalue weighted by Gasteiger charge is -2.15. The first-order valence-electron chi connectivity index (χ1n) is 9.11. The Balaban J connectivity index is 1.45. The number of ether oxygens (including phenoxy) is 1. The maximum atomic E-state index is 12.8. The van der Waals surface area contributed by atoms with Crippen molar-refractivity contribution in [3.63, 3.8) is 0 Å². The first-order chi connectivity index (χ1) is 14.5. The Morgan fingerprint density at radius 2 is 1.40 bits per heavy atom. The van der Waals surface area contributed by atoms with Crippen LogP contribution in [-0.2, 0) is 16.1 Å². The molecule has 0 saturated carbocycles. The van der Waals surface area contributed by atoms with Crippen LogP contribution in [0.25, 0.3) is 0 Å². The molecule has 0 unspecified atom stereocenters. The van der Waals surface area contributed by atoms with Crippen LogP contribution >= 0.6 is 23.2 Å². The van der Waals surface area contributed by atoms with Gasteiger partial charge in [-0.3, -0.25) is 14.5 Å². The summed E-state index contributed by atoms with van der Waals surface area (Å²) in [5, 5.41) is 3.39. The van der Waals surface area contributed by atoms with E-state index < -0.39 is 11.8 Å². The second kappa shape index (κ2) is 8.61. The number of carbonyl (C=O) groups is 2. The van der Waals surface area contributed by atoms with Gasteiger partial charge in [0.15, 0.2) is 0 Å². The summed E-state index contributed by atoms with van der Waals surface area (Å²) in [5.74, 6) is 0.344. The van der Waals surface area contributed by atoms with Gasteiger partial charge >= 0.3 is 0 Å². The molecule has 1 N–H and O–H groups in total. The summed E-state index contributed by atoms with van der Waals surface area (Å²) in [4.78, 5) is 26.3. The van der Waals surface area contributed by atoms with Crippen LogP contribution in [0.1, 0.15) is 5.56 Å².